The molecule has 0 radical (unpaired) electrons. The molecular weight excluding hydrogens is 255 g/mol. The predicted molar refractivity (Wildman–Crippen MR) is 21.5 cm³/mol. The van der Waals surface area contributed by atoms with Gasteiger partial charge in [-0.05, 0) is 0 Å². The summed E-state index contributed by atoms with van der Waals surface area (Å²) in [6.07, 6.45) is 0. The summed E-state index contributed by atoms with van der Waals surface area (Å²) >= 11 is -2.83. The summed E-state index contributed by atoms with van der Waals surface area (Å²) in [5.74, 6) is 0. The van der Waals surface area contributed by atoms with Crippen molar-refractivity contribution < 1.29 is 26.9 Å². The van der Waals surface area contributed by atoms with Crippen LogP contribution >= 0.6 is 0 Å². The van der Waals surface area contributed by atoms with Gasteiger partial charge in [-0.15, -0.1) is 0 Å². The van der Waals surface area contributed by atoms with Gasteiger partial charge < -0.3 is 22.3 Å². The first-order valence-electron chi connectivity index (χ1n) is 0.338. The molecule has 0 aromatic rings. The van der Waals surface area contributed by atoms with E-state index in [1.807, 2.05) is 0 Å². The van der Waals surface area contributed by atoms with Gasteiger partial charge in [-0.3, -0.25) is 0 Å². The molecule has 0 saturated heterocycles. The van der Waals surface area contributed by atoms with Crippen molar-refractivity contribution in [1.29, 1.82) is 0 Å². The maximum absolute atomic E-state index is 9.81. The van der Waals surface area contributed by atoms with Gasteiger partial charge >= 0.3 is 26.9 Å². The van der Waals surface area contributed by atoms with Crippen LogP contribution in [0.25, 0.3) is 0 Å². The van der Waals surface area contributed by atoms with Gasteiger partial charge in [-0.25, -0.2) is 0 Å². The van der Waals surface area contributed by atoms with E-state index in [2.05, 4.69) is 0 Å². The molecule has 0 aliphatic rings. The Bertz CT molecular complexity index is 8.75. The molecule has 0 aliphatic heterocycles. The first kappa shape index (κ1) is 30.6. The summed E-state index contributed by atoms with van der Waals surface area (Å²) in [5, 5.41) is 0. The molecular formula is C3H9F2Ta-3. The second kappa shape index (κ2) is 46.3. The molecule has 0 unspecified atom stereocenters. The third kappa shape index (κ3) is 165. The van der Waals surface area contributed by atoms with Crippen LogP contribution in [-0.2, 0) is 20.8 Å². The minimum absolute atomic E-state index is 0. The fourth-order valence-electron chi connectivity index (χ4n) is 0. The quantitative estimate of drug-likeness (QED) is 0.588. The van der Waals surface area contributed by atoms with E-state index >= 15 is 0 Å². The molecule has 0 spiro atoms. The van der Waals surface area contributed by atoms with Gasteiger partial charge in [0.1, 0.15) is 0 Å². The fraction of sp³-hybridized carbons (Fsp3) is 0. The Balaban J connectivity index is -0.00000000667. The van der Waals surface area contributed by atoms with Crippen molar-refractivity contribution in [3.63, 3.8) is 0 Å². The Morgan fingerprint density at radius 3 is 0.833 bits per heavy atom. The predicted octanol–water partition coefficient (Wildman–Crippen LogP) is 2.19. The van der Waals surface area contributed by atoms with Gasteiger partial charge in [0.05, 0.1) is 0 Å². The molecule has 3 heteroatoms. The Morgan fingerprint density at radius 2 is 0.833 bits per heavy atom. The van der Waals surface area contributed by atoms with Crippen molar-refractivity contribution in [2.45, 2.75) is 0 Å². The van der Waals surface area contributed by atoms with Crippen molar-refractivity contribution in [3.8, 4) is 0 Å². The van der Waals surface area contributed by atoms with E-state index in [-0.39, 0.29) is 22.3 Å². The van der Waals surface area contributed by atoms with Gasteiger partial charge in [0.2, 0.25) is 0 Å². The van der Waals surface area contributed by atoms with Crippen molar-refractivity contribution in [1.82, 2.24) is 0 Å². The third-order valence-corrected chi connectivity index (χ3v) is 0. The molecule has 0 N–H and O–H groups in total. The summed E-state index contributed by atoms with van der Waals surface area (Å²) in [4.78, 5) is 0. The van der Waals surface area contributed by atoms with Crippen LogP contribution in [0.5, 0.6) is 0 Å². The molecule has 0 nitrogen and oxygen atoms in total. The maximum atomic E-state index is 9.81. The van der Waals surface area contributed by atoms with Crippen molar-refractivity contribution in [2.24, 2.45) is 0 Å². The van der Waals surface area contributed by atoms with E-state index in [0.29, 0.717) is 0 Å². The summed E-state index contributed by atoms with van der Waals surface area (Å²) in [6, 6.07) is 0. The second-order valence-electron chi connectivity index (χ2n) is 0.0639. The van der Waals surface area contributed by atoms with E-state index in [1.54, 1.807) is 0 Å². The van der Waals surface area contributed by atoms with E-state index in [1.165, 1.54) is 0 Å². The van der Waals surface area contributed by atoms with Crippen molar-refractivity contribution in [3.05, 3.63) is 22.3 Å². The summed E-state index contributed by atoms with van der Waals surface area (Å²) in [6.45, 7) is 0. The number of hydrogen-bond acceptors (Lipinski definition) is 0. The van der Waals surface area contributed by atoms with Gasteiger partial charge in [0.25, 0.3) is 0 Å². The molecule has 0 atom stereocenters. The van der Waals surface area contributed by atoms with Crippen LogP contribution < -0.4 is 0 Å². The molecule has 0 aromatic heterocycles. The molecule has 43 valence electrons. The molecule has 0 rings (SSSR count). The molecule has 0 bridgehead atoms. The average molecular weight is 264 g/mol. The molecule has 0 aliphatic carbocycles. The van der Waals surface area contributed by atoms with E-state index < -0.39 is 20.8 Å². The SMILES string of the molecule is [CH3-].[CH3-].[CH3-].[F][Ta][F]. The third-order valence-electron chi connectivity index (χ3n) is 0. The Hall–Kier alpha value is 0.600. The molecule has 0 amide bonds. The Morgan fingerprint density at radius 1 is 0.833 bits per heavy atom. The van der Waals surface area contributed by atoms with Crippen LogP contribution in [0.15, 0.2) is 0 Å². The summed E-state index contributed by atoms with van der Waals surface area (Å²) < 4.78 is 19.6. The summed E-state index contributed by atoms with van der Waals surface area (Å²) in [7, 11) is 0. The van der Waals surface area contributed by atoms with Crippen LogP contribution in [-0.4, -0.2) is 0 Å². The zero-order valence-electron chi connectivity index (χ0n) is 4.20. The summed E-state index contributed by atoms with van der Waals surface area (Å²) in [5.41, 5.74) is 0. The number of hydrogen-bond donors (Lipinski definition) is 0. The topological polar surface area (TPSA) is 0 Å². The zero-order chi connectivity index (χ0) is 2.71. The molecule has 0 fully saturated rings. The monoisotopic (exact) mass is 264 g/mol. The minimum atomic E-state index is -2.83. The van der Waals surface area contributed by atoms with Gasteiger partial charge in [-0.1, -0.05) is 0 Å². The molecule has 0 aromatic carbocycles. The van der Waals surface area contributed by atoms with Crippen LogP contribution in [0.4, 0.5) is 6.05 Å². The van der Waals surface area contributed by atoms with Gasteiger partial charge in [-0.2, -0.15) is 0 Å². The average Bonchev–Trinajstić information content (AvgIpc) is 0.918. The number of rotatable bonds is 0. The normalized spacial score (nSPS) is 2.33. The van der Waals surface area contributed by atoms with Crippen LogP contribution in [0.1, 0.15) is 0 Å². The molecule has 0 heterocycles. The first-order valence-corrected chi connectivity index (χ1v) is 2.77. The second-order valence-corrected chi connectivity index (χ2v) is 0.523. The standard InChI is InChI=1S/3CH3.2FH.Ta/h3*1H3;2*1H;/q3*-1;;;+2/p-2. The van der Waals surface area contributed by atoms with Crippen molar-refractivity contribution in [2.75, 3.05) is 0 Å². The number of halogens is 2. The van der Waals surface area contributed by atoms with Gasteiger partial charge in [0.15, 0.2) is 0 Å². The Kier molecular flexibility index (Phi) is 236. The van der Waals surface area contributed by atoms with Crippen LogP contribution in [0, 0.1) is 22.3 Å². The van der Waals surface area contributed by atoms with E-state index in [9.17, 15) is 6.05 Å². The van der Waals surface area contributed by atoms with Crippen LogP contribution in [0.2, 0.25) is 0 Å². The van der Waals surface area contributed by atoms with Crippen molar-refractivity contribution >= 4 is 0 Å². The van der Waals surface area contributed by atoms with Gasteiger partial charge in [0, 0.05) is 0 Å². The van der Waals surface area contributed by atoms with E-state index in [0.717, 1.165) is 0 Å². The molecule has 0 saturated carbocycles. The molecule has 6 heavy (non-hydrogen) atoms. The Labute approximate surface area is 49.7 Å². The first-order chi connectivity index (χ1) is 1.41. The van der Waals surface area contributed by atoms with Crippen LogP contribution in [0.3, 0.4) is 0 Å². The van der Waals surface area contributed by atoms with E-state index in [4.69, 9.17) is 0 Å². The zero-order valence-corrected chi connectivity index (χ0v) is 7.42. The fourth-order valence-corrected chi connectivity index (χ4v) is 0.